The van der Waals surface area contributed by atoms with Crippen molar-refractivity contribution in [2.45, 2.75) is 25.3 Å². The van der Waals surface area contributed by atoms with Gasteiger partial charge in [-0.15, -0.1) is 0 Å². The number of carbonyl (C=O) groups excluding carboxylic acids is 1. The summed E-state index contributed by atoms with van der Waals surface area (Å²) in [6.45, 7) is 0.0478. The fraction of sp³-hybridized carbons (Fsp3) is 0.500. The van der Waals surface area contributed by atoms with Crippen molar-refractivity contribution in [1.29, 1.82) is 0 Å². The van der Waals surface area contributed by atoms with Gasteiger partial charge in [0.1, 0.15) is 11.3 Å². The molecule has 2 rings (SSSR count). The quantitative estimate of drug-likeness (QED) is 0.614. The van der Waals surface area contributed by atoms with E-state index in [0.717, 1.165) is 19.3 Å². The van der Waals surface area contributed by atoms with Crippen molar-refractivity contribution in [3.05, 3.63) is 33.9 Å². The second-order valence-electron chi connectivity index (χ2n) is 5.02. The van der Waals surface area contributed by atoms with Crippen LogP contribution < -0.4 is 5.32 Å². The van der Waals surface area contributed by atoms with Crippen LogP contribution in [0.25, 0.3) is 0 Å². The van der Waals surface area contributed by atoms with Crippen molar-refractivity contribution in [3.63, 3.8) is 0 Å². The van der Waals surface area contributed by atoms with E-state index in [-0.39, 0.29) is 30.4 Å². The highest BCUT2D eigenvalue weighted by Gasteiger charge is 2.33. The fourth-order valence-corrected chi connectivity index (χ4v) is 2.53. The SMILES string of the molecule is CNc1cccc(C(=O)N(CCO)C2CCC2)c1[N+](=O)[O-]. The zero-order chi connectivity index (χ0) is 15.4. The van der Waals surface area contributed by atoms with E-state index in [1.807, 2.05) is 0 Å². The van der Waals surface area contributed by atoms with Crippen LogP contribution in [0, 0.1) is 10.1 Å². The van der Waals surface area contributed by atoms with Crippen molar-refractivity contribution in [2.24, 2.45) is 0 Å². The van der Waals surface area contributed by atoms with Gasteiger partial charge >= 0.3 is 5.69 Å². The largest absolute Gasteiger partial charge is 0.395 e. The molecular weight excluding hydrogens is 274 g/mol. The molecule has 1 saturated carbocycles. The van der Waals surface area contributed by atoms with Crippen molar-refractivity contribution in [3.8, 4) is 0 Å². The molecule has 7 nitrogen and oxygen atoms in total. The number of nitrogens with zero attached hydrogens (tertiary/aromatic N) is 2. The molecule has 1 amide bonds. The number of carbonyl (C=O) groups is 1. The lowest BCUT2D eigenvalue weighted by Gasteiger charge is -2.37. The Labute approximate surface area is 122 Å². The van der Waals surface area contributed by atoms with Gasteiger partial charge in [0.05, 0.1) is 11.5 Å². The van der Waals surface area contributed by atoms with Gasteiger partial charge in [0.25, 0.3) is 5.91 Å². The zero-order valence-electron chi connectivity index (χ0n) is 11.9. The van der Waals surface area contributed by atoms with Crippen molar-refractivity contribution in [1.82, 2.24) is 4.90 Å². The molecular formula is C14H19N3O4. The maximum absolute atomic E-state index is 12.6. The molecule has 7 heteroatoms. The number of amides is 1. The van der Waals surface area contributed by atoms with Crippen LogP contribution in [0.5, 0.6) is 0 Å². The number of hydrogen-bond acceptors (Lipinski definition) is 5. The Bertz CT molecular complexity index is 543. The molecule has 2 N–H and O–H groups in total. The van der Waals surface area contributed by atoms with E-state index in [1.165, 1.54) is 6.07 Å². The average Bonchev–Trinajstić information content (AvgIpc) is 2.43. The predicted octanol–water partition coefficient (Wildman–Crippen LogP) is 1.62. The summed E-state index contributed by atoms with van der Waals surface area (Å²) in [7, 11) is 1.58. The van der Waals surface area contributed by atoms with E-state index in [9.17, 15) is 14.9 Å². The lowest BCUT2D eigenvalue weighted by Crippen LogP contribution is -2.45. The van der Waals surface area contributed by atoms with Crippen LogP contribution in [0.3, 0.4) is 0 Å². The molecule has 21 heavy (non-hydrogen) atoms. The molecule has 1 aliphatic carbocycles. The summed E-state index contributed by atoms with van der Waals surface area (Å²) in [5, 5.41) is 23.2. The first-order valence-electron chi connectivity index (χ1n) is 6.97. The van der Waals surface area contributed by atoms with Gasteiger partial charge in [0, 0.05) is 19.6 Å². The highest BCUT2D eigenvalue weighted by molar-refractivity contribution is 6.00. The van der Waals surface area contributed by atoms with Crippen LogP contribution in [-0.2, 0) is 0 Å². The van der Waals surface area contributed by atoms with Crippen LogP contribution in [0.4, 0.5) is 11.4 Å². The number of rotatable bonds is 6. The second kappa shape index (κ2) is 6.53. The van der Waals surface area contributed by atoms with E-state index in [4.69, 9.17) is 5.11 Å². The van der Waals surface area contributed by atoms with Crippen LogP contribution in [0.2, 0.25) is 0 Å². The fourth-order valence-electron chi connectivity index (χ4n) is 2.53. The van der Waals surface area contributed by atoms with Gasteiger partial charge in [0.2, 0.25) is 0 Å². The lowest BCUT2D eigenvalue weighted by molar-refractivity contribution is -0.384. The second-order valence-corrected chi connectivity index (χ2v) is 5.02. The molecule has 0 radical (unpaired) electrons. The van der Waals surface area contributed by atoms with Crippen LogP contribution >= 0.6 is 0 Å². The van der Waals surface area contributed by atoms with E-state index in [0.29, 0.717) is 5.69 Å². The molecule has 0 aliphatic heterocycles. The van der Waals surface area contributed by atoms with Crippen LogP contribution in [0.1, 0.15) is 29.6 Å². The van der Waals surface area contributed by atoms with Crippen molar-refractivity contribution in [2.75, 3.05) is 25.5 Å². The molecule has 0 aromatic heterocycles. The highest BCUT2D eigenvalue weighted by Crippen LogP contribution is 2.32. The monoisotopic (exact) mass is 293 g/mol. The zero-order valence-corrected chi connectivity index (χ0v) is 11.9. The third kappa shape index (κ3) is 2.97. The summed E-state index contributed by atoms with van der Waals surface area (Å²) in [6.07, 6.45) is 2.80. The number of anilines is 1. The Hall–Kier alpha value is -2.15. The number of nitro benzene ring substituents is 1. The number of para-hydroxylation sites is 1. The Morgan fingerprint density at radius 2 is 2.24 bits per heavy atom. The average molecular weight is 293 g/mol. The van der Waals surface area contributed by atoms with Crippen LogP contribution in [-0.4, -0.2) is 47.1 Å². The minimum absolute atomic E-state index is 0.0622. The standard InChI is InChI=1S/C14H19N3O4/c1-15-12-7-3-6-11(13(12)17(20)21)14(19)16(8-9-18)10-4-2-5-10/h3,6-7,10,15,18H,2,4-5,8-9H2,1H3. The van der Waals surface area contributed by atoms with Crippen molar-refractivity contribution < 1.29 is 14.8 Å². The Morgan fingerprint density at radius 3 is 2.71 bits per heavy atom. The topological polar surface area (TPSA) is 95.7 Å². The molecule has 0 unspecified atom stereocenters. The van der Waals surface area contributed by atoms with E-state index < -0.39 is 10.8 Å². The molecule has 1 fully saturated rings. The Kier molecular flexibility index (Phi) is 4.74. The third-order valence-electron chi connectivity index (χ3n) is 3.84. The summed E-state index contributed by atoms with van der Waals surface area (Å²) >= 11 is 0. The van der Waals surface area contributed by atoms with Gasteiger partial charge < -0.3 is 15.3 Å². The molecule has 0 heterocycles. The van der Waals surface area contributed by atoms with Crippen molar-refractivity contribution >= 4 is 17.3 Å². The van der Waals surface area contributed by atoms with E-state index in [2.05, 4.69) is 5.32 Å². The summed E-state index contributed by atoms with van der Waals surface area (Å²) < 4.78 is 0. The number of nitrogens with one attached hydrogen (secondary N) is 1. The molecule has 0 saturated heterocycles. The molecule has 114 valence electrons. The predicted molar refractivity (Wildman–Crippen MR) is 78.4 cm³/mol. The number of aliphatic hydroxyl groups excluding tert-OH is 1. The van der Waals surface area contributed by atoms with Gasteiger partial charge in [-0.1, -0.05) is 6.07 Å². The minimum Gasteiger partial charge on any atom is -0.395 e. The molecule has 0 bridgehead atoms. The summed E-state index contributed by atoms with van der Waals surface area (Å²) in [5.41, 5.74) is 0.155. The molecule has 1 aromatic rings. The Morgan fingerprint density at radius 1 is 1.52 bits per heavy atom. The number of hydrogen-bond donors (Lipinski definition) is 2. The smallest absolute Gasteiger partial charge is 0.305 e. The normalized spacial score (nSPS) is 14.4. The summed E-state index contributed by atoms with van der Waals surface area (Å²) in [5.74, 6) is -0.391. The number of aliphatic hydroxyl groups is 1. The van der Waals surface area contributed by atoms with Gasteiger partial charge in [0.15, 0.2) is 0 Å². The Balaban J connectivity index is 2.39. The van der Waals surface area contributed by atoms with Gasteiger partial charge in [-0.3, -0.25) is 14.9 Å². The van der Waals surface area contributed by atoms with E-state index >= 15 is 0 Å². The maximum atomic E-state index is 12.6. The first-order chi connectivity index (χ1) is 10.1. The third-order valence-corrected chi connectivity index (χ3v) is 3.84. The first-order valence-corrected chi connectivity index (χ1v) is 6.97. The van der Waals surface area contributed by atoms with Crippen LogP contribution in [0.15, 0.2) is 18.2 Å². The summed E-state index contributed by atoms with van der Waals surface area (Å²) in [6, 6.07) is 4.71. The summed E-state index contributed by atoms with van der Waals surface area (Å²) in [4.78, 5) is 24.9. The lowest BCUT2D eigenvalue weighted by atomic mass is 9.91. The minimum atomic E-state index is -0.545. The molecule has 0 spiro atoms. The maximum Gasteiger partial charge on any atom is 0.305 e. The molecule has 1 aliphatic rings. The number of benzene rings is 1. The highest BCUT2D eigenvalue weighted by atomic mass is 16.6. The molecule has 1 aromatic carbocycles. The van der Waals surface area contributed by atoms with Gasteiger partial charge in [-0.25, -0.2) is 0 Å². The molecule has 0 atom stereocenters. The van der Waals surface area contributed by atoms with Gasteiger partial charge in [-0.05, 0) is 31.4 Å². The first kappa shape index (κ1) is 15.2. The van der Waals surface area contributed by atoms with E-state index in [1.54, 1.807) is 24.1 Å². The van der Waals surface area contributed by atoms with Gasteiger partial charge in [-0.2, -0.15) is 0 Å². The number of nitro groups is 1.